The Morgan fingerprint density at radius 2 is 1.47 bits per heavy atom. The number of carbonyl (C=O) groups excluding carboxylic acids is 1. The molecule has 0 aliphatic rings. The molecule has 2 aromatic rings. The molecule has 2 aromatic carbocycles. The number of benzene rings is 2. The Morgan fingerprint density at radius 1 is 0.947 bits per heavy atom. The lowest BCUT2D eigenvalue weighted by Crippen LogP contribution is -2.12. The Balaban J connectivity index is 2.78. The van der Waals surface area contributed by atoms with Gasteiger partial charge in [0, 0.05) is 17.4 Å². The second-order valence-electron chi connectivity index (χ2n) is 4.18. The van der Waals surface area contributed by atoms with Crippen LogP contribution < -0.4 is 5.73 Å². The average Bonchev–Trinajstić information content (AvgIpc) is 2.37. The highest BCUT2D eigenvalue weighted by molar-refractivity contribution is 7.90. The normalized spacial score (nSPS) is 11.2. The Morgan fingerprint density at radius 3 is 2.05 bits per heavy atom. The van der Waals surface area contributed by atoms with Gasteiger partial charge in [0.25, 0.3) is 0 Å². The van der Waals surface area contributed by atoms with Crippen molar-refractivity contribution in [2.75, 3.05) is 6.26 Å². The molecule has 5 heteroatoms. The molecule has 1 amide bonds. The molecule has 0 aliphatic heterocycles. The van der Waals surface area contributed by atoms with Gasteiger partial charge in [-0.2, -0.15) is 0 Å². The monoisotopic (exact) mass is 275 g/mol. The zero-order valence-electron chi connectivity index (χ0n) is 10.3. The molecule has 0 fully saturated rings. The van der Waals surface area contributed by atoms with Crippen LogP contribution in [-0.2, 0) is 9.84 Å². The Bertz CT molecular complexity index is 736. The minimum Gasteiger partial charge on any atom is -0.366 e. The Hall–Kier alpha value is -2.14. The van der Waals surface area contributed by atoms with Crippen molar-refractivity contribution >= 4 is 15.7 Å². The maximum Gasteiger partial charge on any atom is 0.249 e. The first kappa shape index (κ1) is 13.3. The fourth-order valence-electron chi connectivity index (χ4n) is 1.95. The number of hydrogen-bond acceptors (Lipinski definition) is 3. The number of carbonyl (C=O) groups is 1. The van der Waals surface area contributed by atoms with Crippen LogP contribution in [-0.4, -0.2) is 20.6 Å². The molecule has 0 saturated heterocycles. The van der Waals surface area contributed by atoms with Crippen LogP contribution >= 0.6 is 0 Å². The third kappa shape index (κ3) is 2.66. The summed E-state index contributed by atoms with van der Waals surface area (Å²) in [5, 5.41) is 0. The second kappa shape index (κ2) is 4.85. The molecule has 2 N–H and O–H groups in total. The molecule has 0 aliphatic carbocycles. The zero-order valence-corrected chi connectivity index (χ0v) is 11.1. The summed E-state index contributed by atoms with van der Waals surface area (Å²) in [4.78, 5) is 11.6. The van der Waals surface area contributed by atoms with E-state index in [4.69, 9.17) is 5.73 Å². The fraction of sp³-hybridized carbons (Fsp3) is 0.0714. The van der Waals surface area contributed by atoms with Gasteiger partial charge in [-0.1, -0.05) is 36.4 Å². The van der Waals surface area contributed by atoms with E-state index in [0.29, 0.717) is 16.7 Å². The topological polar surface area (TPSA) is 77.2 Å². The zero-order chi connectivity index (χ0) is 14.0. The van der Waals surface area contributed by atoms with Crippen molar-refractivity contribution in [2.24, 2.45) is 5.73 Å². The predicted molar refractivity (Wildman–Crippen MR) is 73.5 cm³/mol. The Labute approximate surface area is 111 Å². The number of primary amides is 1. The third-order valence-corrected chi connectivity index (χ3v) is 3.92. The van der Waals surface area contributed by atoms with Gasteiger partial charge in [0.05, 0.1) is 4.90 Å². The summed E-state index contributed by atoms with van der Waals surface area (Å²) in [5.41, 5.74) is 6.64. The van der Waals surface area contributed by atoms with Crippen LogP contribution in [0, 0.1) is 0 Å². The van der Waals surface area contributed by atoms with Gasteiger partial charge in [-0.15, -0.1) is 0 Å². The summed E-state index contributed by atoms with van der Waals surface area (Å²) < 4.78 is 23.6. The van der Waals surface area contributed by atoms with Gasteiger partial charge >= 0.3 is 0 Å². The lowest BCUT2D eigenvalue weighted by Gasteiger charge is -2.10. The molecule has 0 aromatic heterocycles. The lowest BCUT2D eigenvalue weighted by atomic mass is 9.99. The van der Waals surface area contributed by atoms with Crippen LogP contribution in [0.4, 0.5) is 0 Å². The van der Waals surface area contributed by atoms with Gasteiger partial charge in [0.2, 0.25) is 5.91 Å². The van der Waals surface area contributed by atoms with Crippen LogP contribution in [0.3, 0.4) is 0 Å². The van der Waals surface area contributed by atoms with Gasteiger partial charge in [0.1, 0.15) is 0 Å². The van der Waals surface area contributed by atoms with E-state index in [0.717, 1.165) is 6.26 Å². The van der Waals surface area contributed by atoms with Crippen LogP contribution in [0.25, 0.3) is 11.1 Å². The van der Waals surface area contributed by atoms with E-state index in [9.17, 15) is 13.2 Å². The lowest BCUT2D eigenvalue weighted by molar-refractivity contribution is 0.100. The summed E-state index contributed by atoms with van der Waals surface area (Å²) in [5.74, 6) is -0.584. The van der Waals surface area contributed by atoms with E-state index in [-0.39, 0.29) is 4.90 Å². The minimum absolute atomic E-state index is 0.184. The molecule has 0 heterocycles. The second-order valence-corrected chi connectivity index (χ2v) is 6.16. The van der Waals surface area contributed by atoms with Crippen molar-refractivity contribution in [1.29, 1.82) is 0 Å². The van der Waals surface area contributed by atoms with Crippen molar-refractivity contribution in [1.82, 2.24) is 0 Å². The van der Waals surface area contributed by atoms with Gasteiger partial charge in [0.15, 0.2) is 9.84 Å². The molecule has 0 unspecified atom stereocenters. The molecule has 0 radical (unpaired) electrons. The van der Waals surface area contributed by atoms with Gasteiger partial charge in [-0.05, 0) is 17.7 Å². The predicted octanol–water partition coefficient (Wildman–Crippen LogP) is 1.86. The first-order chi connectivity index (χ1) is 8.91. The SMILES string of the molecule is CS(=O)(=O)c1ccccc1-c1ccccc1C(N)=O. The molecule has 4 nitrogen and oxygen atoms in total. The summed E-state index contributed by atoms with van der Waals surface area (Å²) in [6.45, 7) is 0. The van der Waals surface area contributed by atoms with Crippen LogP contribution in [0.1, 0.15) is 10.4 Å². The number of hydrogen-bond donors (Lipinski definition) is 1. The average molecular weight is 275 g/mol. The Kier molecular flexibility index (Phi) is 3.40. The van der Waals surface area contributed by atoms with Gasteiger partial charge in [-0.3, -0.25) is 4.79 Å². The highest BCUT2D eigenvalue weighted by Gasteiger charge is 2.17. The van der Waals surface area contributed by atoms with Gasteiger partial charge < -0.3 is 5.73 Å². The van der Waals surface area contributed by atoms with Crippen molar-refractivity contribution < 1.29 is 13.2 Å². The van der Waals surface area contributed by atoms with Crippen molar-refractivity contribution in [3.05, 3.63) is 54.1 Å². The van der Waals surface area contributed by atoms with E-state index in [1.165, 1.54) is 6.07 Å². The van der Waals surface area contributed by atoms with E-state index in [1.807, 2.05) is 0 Å². The molecule has 0 atom stereocenters. The van der Waals surface area contributed by atoms with E-state index in [2.05, 4.69) is 0 Å². The first-order valence-electron chi connectivity index (χ1n) is 5.59. The fourth-order valence-corrected chi connectivity index (χ4v) is 2.85. The van der Waals surface area contributed by atoms with Crippen molar-refractivity contribution in [2.45, 2.75) is 4.90 Å². The third-order valence-electron chi connectivity index (χ3n) is 2.77. The maximum atomic E-state index is 11.8. The summed E-state index contributed by atoms with van der Waals surface area (Å²) in [6.07, 6.45) is 1.14. The molecule has 0 bridgehead atoms. The largest absolute Gasteiger partial charge is 0.366 e. The molecular weight excluding hydrogens is 262 g/mol. The van der Waals surface area contributed by atoms with E-state index < -0.39 is 15.7 Å². The van der Waals surface area contributed by atoms with Crippen LogP contribution in [0.2, 0.25) is 0 Å². The number of amides is 1. The molecule has 98 valence electrons. The van der Waals surface area contributed by atoms with E-state index >= 15 is 0 Å². The smallest absolute Gasteiger partial charge is 0.249 e. The van der Waals surface area contributed by atoms with Crippen LogP contribution in [0.5, 0.6) is 0 Å². The molecular formula is C14H13NO3S. The minimum atomic E-state index is -3.38. The molecule has 2 rings (SSSR count). The van der Waals surface area contributed by atoms with E-state index in [1.54, 1.807) is 42.5 Å². The standard InChI is InChI=1S/C14H13NO3S/c1-19(17,18)13-9-5-4-7-11(13)10-6-2-3-8-12(10)14(15)16/h2-9H,1H3,(H2,15,16). The van der Waals surface area contributed by atoms with Crippen molar-refractivity contribution in [3.63, 3.8) is 0 Å². The summed E-state index contributed by atoms with van der Waals surface area (Å²) in [7, 11) is -3.38. The number of nitrogens with two attached hydrogens (primary N) is 1. The molecule has 19 heavy (non-hydrogen) atoms. The molecule has 0 saturated carbocycles. The quantitative estimate of drug-likeness (QED) is 0.928. The number of sulfone groups is 1. The highest BCUT2D eigenvalue weighted by Crippen LogP contribution is 2.29. The van der Waals surface area contributed by atoms with Crippen LogP contribution in [0.15, 0.2) is 53.4 Å². The first-order valence-corrected chi connectivity index (χ1v) is 7.48. The molecule has 0 spiro atoms. The highest BCUT2D eigenvalue weighted by atomic mass is 32.2. The maximum absolute atomic E-state index is 11.8. The summed E-state index contributed by atoms with van der Waals surface area (Å²) >= 11 is 0. The summed E-state index contributed by atoms with van der Waals surface area (Å²) in [6, 6.07) is 13.2. The number of rotatable bonds is 3. The van der Waals surface area contributed by atoms with Crippen molar-refractivity contribution in [3.8, 4) is 11.1 Å². The van der Waals surface area contributed by atoms with Gasteiger partial charge in [-0.25, -0.2) is 8.42 Å².